The van der Waals surface area contributed by atoms with Gasteiger partial charge in [-0.15, -0.1) is 0 Å². The van der Waals surface area contributed by atoms with E-state index in [1.807, 2.05) is 0 Å². The number of hydrogen-bond acceptors (Lipinski definition) is 2. The Hall–Kier alpha value is -6.32. The third kappa shape index (κ3) is 5.33. The van der Waals surface area contributed by atoms with E-state index in [2.05, 4.69) is 192 Å². The van der Waals surface area contributed by atoms with E-state index < -0.39 is 0 Å². The van der Waals surface area contributed by atoms with Crippen molar-refractivity contribution in [2.24, 2.45) is 0 Å². The molecule has 0 saturated heterocycles. The minimum absolute atomic E-state index is 0.0893. The molecule has 2 aliphatic heterocycles. The molecule has 0 bridgehead atoms. The molecule has 3 heteroatoms. The zero-order valence-corrected chi connectivity index (χ0v) is 30.9. The molecule has 11 rings (SSSR count). The van der Waals surface area contributed by atoms with Crippen molar-refractivity contribution in [2.45, 2.75) is 38.0 Å². The van der Waals surface area contributed by atoms with Crippen LogP contribution in [0, 0.1) is 0 Å². The van der Waals surface area contributed by atoms with Crippen molar-refractivity contribution in [3.8, 4) is 22.3 Å². The topological polar surface area (TPSA) is 6.48 Å². The molecule has 262 valence electrons. The summed E-state index contributed by atoms with van der Waals surface area (Å²) in [5, 5.41) is 2.55. The Morgan fingerprint density at radius 1 is 0.418 bits per heavy atom. The van der Waals surface area contributed by atoms with Gasteiger partial charge in [-0.25, -0.2) is 0 Å². The lowest BCUT2D eigenvalue weighted by Gasteiger charge is -2.45. The number of rotatable bonds is 5. The molecule has 8 aromatic carbocycles. The largest absolute Gasteiger partial charge is 0.311 e. The standard InChI is InChI=1S/C52H41BN2/c1-4-15-36(16-5-1)40-29-32-49-47(33-40)53-46-25-12-13-26-48(46)54(42-21-8-3-9-22-42)50-34-41(37-17-6-2-7-18-37)35-51(52(50)53)55(49)43-30-27-39(28-31-43)45-24-14-20-38-19-10-11-23-44(38)45/h1,3-5,8-16,19-35,37H,2,6-7,17-18H2. The third-order valence-electron chi connectivity index (χ3n) is 12.4. The van der Waals surface area contributed by atoms with Crippen LogP contribution >= 0.6 is 0 Å². The first-order valence-corrected chi connectivity index (χ1v) is 20.0. The minimum Gasteiger partial charge on any atom is -0.311 e. The van der Waals surface area contributed by atoms with Crippen LogP contribution in [0.4, 0.5) is 34.1 Å². The van der Waals surface area contributed by atoms with E-state index in [4.69, 9.17) is 0 Å². The van der Waals surface area contributed by atoms with Crippen molar-refractivity contribution in [1.82, 2.24) is 0 Å². The lowest BCUT2D eigenvalue weighted by Crippen LogP contribution is -2.61. The second-order valence-electron chi connectivity index (χ2n) is 15.5. The number of benzene rings is 8. The molecule has 0 atom stereocenters. The molecule has 1 saturated carbocycles. The van der Waals surface area contributed by atoms with Crippen LogP contribution < -0.4 is 26.2 Å². The fourth-order valence-corrected chi connectivity index (χ4v) is 9.85. The molecule has 2 heterocycles. The minimum atomic E-state index is 0.0893. The van der Waals surface area contributed by atoms with Gasteiger partial charge < -0.3 is 9.80 Å². The lowest BCUT2D eigenvalue weighted by molar-refractivity contribution is 0.444. The number of para-hydroxylation sites is 2. The van der Waals surface area contributed by atoms with E-state index in [0.717, 1.165) is 0 Å². The summed E-state index contributed by atoms with van der Waals surface area (Å²) in [6, 6.07) is 68.0. The summed E-state index contributed by atoms with van der Waals surface area (Å²) in [6.45, 7) is 0.0893. The Kier molecular flexibility index (Phi) is 7.72. The van der Waals surface area contributed by atoms with Crippen molar-refractivity contribution in [3.05, 3.63) is 188 Å². The highest BCUT2D eigenvalue weighted by Crippen LogP contribution is 2.47. The predicted octanol–water partition coefficient (Wildman–Crippen LogP) is 12.3. The maximum Gasteiger partial charge on any atom is 0.252 e. The van der Waals surface area contributed by atoms with Gasteiger partial charge in [0.15, 0.2) is 0 Å². The highest BCUT2D eigenvalue weighted by molar-refractivity contribution is 7.00. The zero-order chi connectivity index (χ0) is 36.3. The predicted molar refractivity (Wildman–Crippen MR) is 235 cm³/mol. The molecule has 8 aromatic rings. The maximum absolute atomic E-state index is 2.58. The molecule has 1 aliphatic carbocycles. The van der Waals surface area contributed by atoms with Gasteiger partial charge in [-0.1, -0.05) is 153 Å². The first kappa shape index (κ1) is 32.1. The van der Waals surface area contributed by atoms with Crippen LogP contribution in [0.15, 0.2) is 182 Å². The van der Waals surface area contributed by atoms with Crippen molar-refractivity contribution >= 4 is 68.0 Å². The Morgan fingerprint density at radius 3 is 1.82 bits per heavy atom. The van der Waals surface area contributed by atoms with Crippen LogP contribution in [0.5, 0.6) is 0 Å². The molecule has 0 aromatic heterocycles. The fraction of sp³-hybridized carbons (Fsp3) is 0.115. The molecule has 0 spiro atoms. The molecule has 55 heavy (non-hydrogen) atoms. The second kappa shape index (κ2) is 13.2. The molecular weight excluding hydrogens is 663 g/mol. The van der Waals surface area contributed by atoms with Crippen molar-refractivity contribution in [1.29, 1.82) is 0 Å². The normalized spacial score (nSPS) is 14.7. The number of anilines is 6. The average Bonchev–Trinajstić information content (AvgIpc) is 3.27. The van der Waals surface area contributed by atoms with Crippen LogP contribution in [-0.2, 0) is 0 Å². The van der Waals surface area contributed by atoms with Crippen LogP contribution in [0.1, 0.15) is 43.6 Å². The smallest absolute Gasteiger partial charge is 0.252 e. The lowest BCUT2D eigenvalue weighted by atomic mass is 9.33. The van der Waals surface area contributed by atoms with E-state index in [-0.39, 0.29) is 6.71 Å². The van der Waals surface area contributed by atoms with Gasteiger partial charge in [0.25, 0.3) is 6.71 Å². The summed E-state index contributed by atoms with van der Waals surface area (Å²) in [4.78, 5) is 5.13. The summed E-state index contributed by atoms with van der Waals surface area (Å²) in [5.41, 5.74) is 18.1. The highest BCUT2D eigenvalue weighted by atomic mass is 15.2. The Bertz CT molecular complexity index is 2690. The Morgan fingerprint density at radius 2 is 1.04 bits per heavy atom. The summed E-state index contributed by atoms with van der Waals surface area (Å²) in [6.07, 6.45) is 6.44. The number of hydrogen-bond donors (Lipinski definition) is 0. The zero-order valence-electron chi connectivity index (χ0n) is 30.9. The number of fused-ring (bicyclic) bond motifs is 5. The molecule has 0 N–H and O–H groups in total. The van der Waals surface area contributed by atoms with E-state index in [9.17, 15) is 0 Å². The van der Waals surface area contributed by atoms with Gasteiger partial charge in [-0.05, 0) is 122 Å². The monoisotopic (exact) mass is 704 g/mol. The van der Waals surface area contributed by atoms with Gasteiger partial charge in [0.1, 0.15) is 0 Å². The average molecular weight is 705 g/mol. The van der Waals surface area contributed by atoms with Crippen LogP contribution in [0.25, 0.3) is 33.0 Å². The summed E-state index contributed by atoms with van der Waals surface area (Å²) in [7, 11) is 0. The van der Waals surface area contributed by atoms with Gasteiger partial charge in [0.05, 0.1) is 0 Å². The van der Waals surface area contributed by atoms with Crippen molar-refractivity contribution in [3.63, 3.8) is 0 Å². The first-order valence-electron chi connectivity index (χ1n) is 20.0. The van der Waals surface area contributed by atoms with E-state index >= 15 is 0 Å². The Balaban J connectivity index is 1.17. The van der Waals surface area contributed by atoms with Crippen molar-refractivity contribution in [2.75, 3.05) is 9.80 Å². The van der Waals surface area contributed by atoms with Crippen LogP contribution in [0.3, 0.4) is 0 Å². The second-order valence-corrected chi connectivity index (χ2v) is 15.5. The fourth-order valence-electron chi connectivity index (χ4n) is 9.85. The molecule has 3 aliphatic rings. The Labute approximate surface area is 324 Å². The molecule has 0 unspecified atom stereocenters. The SMILES string of the molecule is c1ccc(-c2ccc3c(c2)B2c4ccccc4N(c4ccccc4)c4cc(C5CCCCC5)cc(c42)N3c2ccc(-c3cccc4ccccc34)cc2)cc1. The van der Waals surface area contributed by atoms with E-state index in [0.29, 0.717) is 5.92 Å². The highest BCUT2D eigenvalue weighted by Gasteiger charge is 2.44. The van der Waals surface area contributed by atoms with Gasteiger partial charge in [-0.3, -0.25) is 0 Å². The number of nitrogens with zero attached hydrogens (tertiary/aromatic N) is 2. The third-order valence-corrected chi connectivity index (χ3v) is 12.4. The van der Waals surface area contributed by atoms with E-state index in [1.54, 1.807) is 0 Å². The molecule has 1 fully saturated rings. The summed E-state index contributed by atoms with van der Waals surface area (Å²) in [5.74, 6) is 0.556. The molecule has 0 radical (unpaired) electrons. The van der Waals surface area contributed by atoms with Gasteiger partial charge in [-0.2, -0.15) is 0 Å². The van der Waals surface area contributed by atoms with E-state index in [1.165, 1.54) is 121 Å². The molecule has 0 amide bonds. The van der Waals surface area contributed by atoms with Gasteiger partial charge >= 0.3 is 0 Å². The first-order chi connectivity index (χ1) is 27.3. The summed E-state index contributed by atoms with van der Waals surface area (Å²) >= 11 is 0. The molecule has 2 nitrogen and oxygen atoms in total. The van der Waals surface area contributed by atoms with Crippen LogP contribution in [0.2, 0.25) is 0 Å². The maximum atomic E-state index is 2.58. The quantitative estimate of drug-likeness (QED) is 0.165. The van der Waals surface area contributed by atoms with Crippen LogP contribution in [-0.4, -0.2) is 6.71 Å². The van der Waals surface area contributed by atoms with Crippen molar-refractivity contribution < 1.29 is 0 Å². The summed E-state index contributed by atoms with van der Waals surface area (Å²) < 4.78 is 0. The van der Waals surface area contributed by atoms with Gasteiger partial charge in [0, 0.05) is 34.1 Å². The van der Waals surface area contributed by atoms with Gasteiger partial charge in [0.2, 0.25) is 0 Å². The molecular formula is C52H41BN2.